The second-order valence-electron chi connectivity index (χ2n) is 6.69. The summed E-state index contributed by atoms with van der Waals surface area (Å²) >= 11 is 5.65. The van der Waals surface area contributed by atoms with Crippen molar-refractivity contribution in [2.45, 2.75) is 12.8 Å². The number of tetrazole rings is 1. The molecule has 2 aromatic heterocycles. The van der Waals surface area contributed by atoms with Gasteiger partial charge in [-0.05, 0) is 48.4 Å². The largest absolute Gasteiger partial charge is 0.494 e. The smallest absolute Gasteiger partial charge is 0.242 e. The third-order valence-corrected chi connectivity index (χ3v) is 4.93. The minimum atomic E-state index is -0.538. The van der Waals surface area contributed by atoms with Gasteiger partial charge in [-0.15, -0.1) is 21.8 Å². The number of ether oxygens (including phenoxy) is 1. The van der Waals surface area contributed by atoms with E-state index in [4.69, 9.17) is 26.5 Å². The molecule has 0 saturated heterocycles. The molecule has 0 spiro atoms. The summed E-state index contributed by atoms with van der Waals surface area (Å²) in [5.74, 6) is 0.953. The predicted molar refractivity (Wildman–Crippen MR) is 115 cm³/mol. The first-order valence-electron chi connectivity index (χ1n) is 9.53. The molecule has 9 nitrogen and oxygen atoms in total. The van der Waals surface area contributed by atoms with Crippen LogP contribution >= 0.6 is 11.6 Å². The van der Waals surface area contributed by atoms with E-state index in [-0.39, 0.29) is 39.6 Å². The standard InChI is InChI=1S/C21H18ClN5O4/c22-10-1-2-11-30-13-8-6-12(7-9-13)18(28)14-4-3-5-15-16(14)19(29)17(23)20(31-15)21-24-26-27-25-21/h3-9H,1-2,10-11,23H2,(H,24,25,26,27). The van der Waals surface area contributed by atoms with Crippen LogP contribution in [0.2, 0.25) is 0 Å². The molecule has 2 aromatic carbocycles. The van der Waals surface area contributed by atoms with E-state index in [1.165, 1.54) is 0 Å². The van der Waals surface area contributed by atoms with E-state index in [0.717, 1.165) is 12.8 Å². The van der Waals surface area contributed by atoms with Gasteiger partial charge >= 0.3 is 0 Å². The molecule has 0 atom stereocenters. The SMILES string of the molecule is Nc1c(-c2nn[nH]n2)oc2cccc(C(=O)c3ccc(OCCCCCl)cc3)c2c1=O. The van der Waals surface area contributed by atoms with Crippen LogP contribution in [0.1, 0.15) is 28.8 Å². The van der Waals surface area contributed by atoms with Crippen molar-refractivity contribution in [3.05, 3.63) is 63.8 Å². The molecule has 158 valence electrons. The Balaban J connectivity index is 1.67. The van der Waals surface area contributed by atoms with Crippen LogP contribution in [-0.4, -0.2) is 38.9 Å². The number of rotatable bonds is 8. The van der Waals surface area contributed by atoms with Crippen molar-refractivity contribution in [3.63, 3.8) is 0 Å². The summed E-state index contributed by atoms with van der Waals surface area (Å²) in [6.45, 7) is 0.548. The van der Waals surface area contributed by atoms with Gasteiger partial charge in [-0.25, -0.2) is 0 Å². The van der Waals surface area contributed by atoms with Crippen LogP contribution in [0.4, 0.5) is 5.69 Å². The van der Waals surface area contributed by atoms with Gasteiger partial charge in [0.25, 0.3) is 0 Å². The lowest BCUT2D eigenvalue weighted by atomic mass is 9.98. The number of hydrogen-bond donors (Lipinski definition) is 2. The molecule has 0 radical (unpaired) electrons. The van der Waals surface area contributed by atoms with E-state index in [1.807, 2.05) is 0 Å². The molecule has 0 unspecified atom stereocenters. The second-order valence-corrected chi connectivity index (χ2v) is 7.06. The van der Waals surface area contributed by atoms with Gasteiger partial charge in [-0.1, -0.05) is 12.1 Å². The number of carbonyl (C=O) groups excluding carboxylic acids is 1. The summed E-state index contributed by atoms with van der Waals surface area (Å²) in [5, 5.41) is 13.4. The molecule has 0 aliphatic carbocycles. The molecule has 0 amide bonds. The molecule has 0 bridgehead atoms. The number of hydrogen-bond acceptors (Lipinski definition) is 8. The maximum absolute atomic E-state index is 13.1. The Bertz CT molecular complexity index is 1270. The highest BCUT2D eigenvalue weighted by atomic mass is 35.5. The van der Waals surface area contributed by atoms with Crippen molar-refractivity contribution in [3.8, 4) is 17.3 Å². The minimum Gasteiger partial charge on any atom is -0.494 e. The number of benzene rings is 2. The number of aromatic nitrogens is 4. The van der Waals surface area contributed by atoms with Gasteiger partial charge in [0.1, 0.15) is 17.0 Å². The highest BCUT2D eigenvalue weighted by Gasteiger charge is 2.21. The number of halogens is 1. The lowest BCUT2D eigenvalue weighted by molar-refractivity contribution is 0.104. The number of unbranched alkanes of at least 4 members (excludes halogenated alkanes) is 1. The number of ketones is 1. The van der Waals surface area contributed by atoms with E-state index in [1.54, 1.807) is 42.5 Å². The Hall–Kier alpha value is -3.72. The molecule has 4 rings (SSSR count). The number of carbonyl (C=O) groups is 1. The average Bonchev–Trinajstić information content (AvgIpc) is 3.33. The molecule has 4 aromatic rings. The van der Waals surface area contributed by atoms with Crippen molar-refractivity contribution in [1.82, 2.24) is 20.6 Å². The first-order chi connectivity index (χ1) is 15.1. The van der Waals surface area contributed by atoms with E-state index in [0.29, 0.717) is 23.8 Å². The Labute approximate surface area is 181 Å². The lowest BCUT2D eigenvalue weighted by Crippen LogP contribution is -2.14. The number of nitrogens with one attached hydrogen (secondary N) is 1. The first-order valence-corrected chi connectivity index (χ1v) is 10.1. The van der Waals surface area contributed by atoms with Crippen molar-refractivity contribution >= 4 is 34.0 Å². The Morgan fingerprint density at radius 3 is 2.68 bits per heavy atom. The van der Waals surface area contributed by atoms with Crippen LogP contribution in [-0.2, 0) is 0 Å². The predicted octanol–water partition coefficient (Wildman–Crippen LogP) is 3.18. The zero-order valence-corrected chi connectivity index (χ0v) is 17.1. The maximum atomic E-state index is 13.1. The van der Waals surface area contributed by atoms with E-state index in [2.05, 4.69) is 20.6 Å². The molecule has 31 heavy (non-hydrogen) atoms. The highest BCUT2D eigenvalue weighted by Crippen LogP contribution is 2.27. The molecule has 2 heterocycles. The van der Waals surface area contributed by atoms with Crippen molar-refractivity contribution in [2.24, 2.45) is 0 Å². The van der Waals surface area contributed by atoms with Crippen LogP contribution < -0.4 is 15.9 Å². The summed E-state index contributed by atoms with van der Waals surface area (Å²) in [6, 6.07) is 11.5. The third-order valence-electron chi connectivity index (χ3n) is 4.66. The van der Waals surface area contributed by atoms with Gasteiger partial charge in [-0.2, -0.15) is 5.21 Å². The molecule has 0 fully saturated rings. The van der Waals surface area contributed by atoms with Crippen LogP contribution in [0.3, 0.4) is 0 Å². The Kier molecular flexibility index (Phi) is 5.94. The molecule has 0 aliphatic heterocycles. The second kappa shape index (κ2) is 8.97. The molecular weight excluding hydrogens is 422 g/mol. The number of aromatic amines is 1. The monoisotopic (exact) mass is 439 g/mol. The van der Waals surface area contributed by atoms with Crippen LogP contribution in [0.25, 0.3) is 22.6 Å². The van der Waals surface area contributed by atoms with E-state index < -0.39 is 5.43 Å². The Morgan fingerprint density at radius 1 is 1.16 bits per heavy atom. The summed E-state index contributed by atoms with van der Waals surface area (Å²) in [6.07, 6.45) is 1.72. The quantitative estimate of drug-likeness (QED) is 0.242. The molecule has 10 heteroatoms. The van der Waals surface area contributed by atoms with Crippen LogP contribution in [0.5, 0.6) is 5.75 Å². The van der Waals surface area contributed by atoms with Gasteiger partial charge < -0.3 is 14.9 Å². The van der Waals surface area contributed by atoms with Gasteiger partial charge in [0.2, 0.25) is 17.0 Å². The summed E-state index contributed by atoms with van der Waals surface area (Å²) in [4.78, 5) is 26.1. The normalized spacial score (nSPS) is 11.0. The van der Waals surface area contributed by atoms with Crippen molar-refractivity contribution in [2.75, 3.05) is 18.2 Å². The highest BCUT2D eigenvalue weighted by molar-refractivity contribution is 6.17. The fourth-order valence-electron chi connectivity index (χ4n) is 3.11. The van der Waals surface area contributed by atoms with Crippen molar-refractivity contribution < 1.29 is 13.9 Å². The van der Waals surface area contributed by atoms with Gasteiger partial charge in [-0.3, -0.25) is 9.59 Å². The zero-order chi connectivity index (χ0) is 21.8. The van der Waals surface area contributed by atoms with E-state index >= 15 is 0 Å². The van der Waals surface area contributed by atoms with Gasteiger partial charge in [0.05, 0.1) is 12.0 Å². The summed E-state index contributed by atoms with van der Waals surface area (Å²) in [7, 11) is 0. The van der Waals surface area contributed by atoms with Gasteiger partial charge in [0.15, 0.2) is 5.78 Å². The number of H-pyrrole nitrogens is 1. The number of anilines is 1. The number of nitrogens with two attached hydrogens (primary N) is 1. The minimum absolute atomic E-state index is 0.00785. The average molecular weight is 440 g/mol. The maximum Gasteiger partial charge on any atom is 0.242 e. The third kappa shape index (κ3) is 4.13. The Morgan fingerprint density at radius 2 is 1.97 bits per heavy atom. The molecule has 0 aliphatic rings. The van der Waals surface area contributed by atoms with Crippen LogP contribution in [0, 0.1) is 0 Å². The number of nitrogen functional groups attached to an aromatic ring is 1. The molecule has 3 N–H and O–H groups in total. The lowest BCUT2D eigenvalue weighted by Gasteiger charge is -2.09. The fraction of sp³-hybridized carbons (Fsp3) is 0.190. The molecule has 0 saturated carbocycles. The molecular formula is C21H18ClN5O4. The summed E-state index contributed by atoms with van der Waals surface area (Å²) in [5.41, 5.74) is 6.02. The number of fused-ring (bicyclic) bond motifs is 1. The first kappa shape index (κ1) is 20.5. The van der Waals surface area contributed by atoms with Crippen LogP contribution in [0.15, 0.2) is 51.7 Å². The number of alkyl halides is 1. The number of nitrogens with zero attached hydrogens (tertiary/aromatic N) is 3. The van der Waals surface area contributed by atoms with Gasteiger partial charge in [0, 0.05) is 17.0 Å². The zero-order valence-electron chi connectivity index (χ0n) is 16.3. The summed E-state index contributed by atoms with van der Waals surface area (Å²) < 4.78 is 11.4. The van der Waals surface area contributed by atoms with E-state index in [9.17, 15) is 9.59 Å². The van der Waals surface area contributed by atoms with Crippen molar-refractivity contribution in [1.29, 1.82) is 0 Å². The topological polar surface area (TPSA) is 137 Å². The fourth-order valence-corrected chi connectivity index (χ4v) is 3.30.